The second kappa shape index (κ2) is 5.40. The molecular formula is C14H12BrFN2O. The fourth-order valence-electron chi connectivity index (χ4n) is 1.68. The Kier molecular flexibility index (Phi) is 3.85. The van der Waals surface area contributed by atoms with Crippen molar-refractivity contribution in [1.82, 2.24) is 0 Å². The lowest BCUT2D eigenvalue weighted by molar-refractivity contribution is 0.102. The maximum absolute atomic E-state index is 13.0. The molecule has 2 aromatic rings. The van der Waals surface area contributed by atoms with Crippen molar-refractivity contribution >= 4 is 33.2 Å². The smallest absolute Gasteiger partial charge is 0.256 e. The lowest BCUT2D eigenvalue weighted by atomic mass is 10.1. The Hall–Kier alpha value is -1.88. The molecule has 98 valence electrons. The van der Waals surface area contributed by atoms with Crippen LogP contribution in [-0.4, -0.2) is 5.91 Å². The highest BCUT2D eigenvalue weighted by Crippen LogP contribution is 2.24. The molecule has 0 bridgehead atoms. The first-order chi connectivity index (χ1) is 8.99. The van der Waals surface area contributed by atoms with Gasteiger partial charge in [0.2, 0.25) is 0 Å². The third kappa shape index (κ3) is 2.93. The summed E-state index contributed by atoms with van der Waals surface area (Å²) in [5, 5.41) is 2.71. The van der Waals surface area contributed by atoms with Gasteiger partial charge in [-0.25, -0.2) is 4.39 Å². The Bertz CT molecular complexity index is 643. The summed E-state index contributed by atoms with van der Waals surface area (Å²) in [5.41, 5.74) is 8.05. The Balaban J connectivity index is 2.28. The third-order valence-electron chi connectivity index (χ3n) is 2.80. The van der Waals surface area contributed by atoms with E-state index in [0.717, 1.165) is 5.56 Å². The molecule has 0 radical (unpaired) electrons. The number of benzene rings is 2. The van der Waals surface area contributed by atoms with Gasteiger partial charge in [0.15, 0.2) is 0 Å². The first kappa shape index (κ1) is 13.5. The van der Waals surface area contributed by atoms with Gasteiger partial charge in [-0.05, 0) is 58.7 Å². The minimum absolute atomic E-state index is 0.280. The molecule has 0 aliphatic carbocycles. The first-order valence-electron chi connectivity index (χ1n) is 5.60. The summed E-state index contributed by atoms with van der Waals surface area (Å²) in [7, 11) is 0. The molecule has 3 N–H and O–H groups in total. The number of carbonyl (C=O) groups is 1. The number of carbonyl (C=O) groups excluding carboxylic acids is 1. The van der Waals surface area contributed by atoms with Crippen LogP contribution in [0.2, 0.25) is 0 Å². The summed E-state index contributed by atoms with van der Waals surface area (Å²) in [6.07, 6.45) is 0. The van der Waals surface area contributed by atoms with Crippen molar-refractivity contribution in [2.75, 3.05) is 11.1 Å². The van der Waals surface area contributed by atoms with Gasteiger partial charge >= 0.3 is 0 Å². The second-order valence-electron chi connectivity index (χ2n) is 4.10. The molecule has 19 heavy (non-hydrogen) atoms. The van der Waals surface area contributed by atoms with E-state index >= 15 is 0 Å². The van der Waals surface area contributed by atoms with Crippen LogP contribution in [0.25, 0.3) is 0 Å². The van der Waals surface area contributed by atoms with Crippen LogP contribution >= 0.6 is 15.9 Å². The van der Waals surface area contributed by atoms with Crippen LogP contribution in [0.1, 0.15) is 15.9 Å². The molecule has 0 fully saturated rings. The minimum Gasteiger partial charge on any atom is -0.398 e. The van der Waals surface area contributed by atoms with Gasteiger partial charge in [-0.1, -0.05) is 6.07 Å². The molecule has 0 unspecified atom stereocenters. The SMILES string of the molecule is Cc1c(N)cccc1C(=O)Nc1ccc(F)cc1Br. The quantitative estimate of drug-likeness (QED) is 0.828. The van der Waals surface area contributed by atoms with Crippen LogP contribution in [0.15, 0.2) is 40.9 Å². The largest absolute Gasteiger partial charge is 0.398 e. The lowest BCUT2D eigenvalue weighted by Crippen LogP contribution is -2.14. The maximum Gasteiger partial charge on any atom is 0.256 e. The van der Waals surface area contributed by atoms with Gasteiger partial charge in [-0.3, -0.25) is 4.79 Å². The van der Waals surface area contributed by atoms with E-state index in [0.29, 0.717) is 21.4 Å². The van der Waals surface area contributed by atoms with Crippen LogP contribution in [0.4, 0.5) is 15.8 Å². The average molecular weight is 323 g/mol. The number of halogens is 2. The van der Waals surface area contributed by atoms with E-state index in [-0.39, 0.29) is 11.7 Å². The number of hydrogen-bond acceptors (Lipinski definition) is 2. The highest BCUT2D eigenvalue weighted by Gasteiger charge is 2.12. The number of amides is 1. The fraction of sp³-hybridized carbons (Fsp3) is 0.0714. The zero-order chi connectivity index (χ0) is 14.0. The second-order valence-corrected chi connectivity index (χ2v) is 4.95. The van der Waals surface area contributed by atoms with E-state index in [4.69, 9.17) is 5.73 Å². The predicted molar refractivity (Wildman–Crippen MR) is 77.6 cm³/mol. The van der Waals surface area contributed by atoms with Gasteiger partial charge in [0, 0.05) is 15.7 Å². The number of nitrogen functional groups attached to an aromatic ring is 1. The number of nitrogens with one attached hydrogen (secondary N) is 1. The number of rotatable bonds is 2. The van der Waals surface area contributed by atoms with Crippen molar-refractivity contribution in [1.29, 1.82) is 0 Å². The lowest BCUT2D eigenvalue weighted by Gasteiger charge is -2.10. The zero-order valence-corrected chi connectivity index (χ0v) is 11.8. The van der Waals surface area contributed by atoms with E-state index in [1.54, 1.807) is 25.1 Å². The Morgan fingerprint density at radius 2 is 2.05 bits per heavy atom. The predicted octanol–water partition coefficient (Wildman–Crippen LogP) is 3.73. The molecule has 2 aromatic carbocycles. The molecule has 5 heteroatoms. The Labute approximate surface area is 118 Å². The fourth-order valence-corrected chi connectivity index (χ4v) is 2.13. The molecular weight excluding hydrogens is 311 g/mol. The summed E-state index contributed by atoms with van der Waals surface area (Å²) in [6, 6.07) is 9.22. The number of nitrogens with two attached hydrogens (primary N) is 1. The monoisotopic (exact) mass is 322 g/mol. The molecule has 0 saturated carbocycles. The zero-order valence-electron chi connectivity index (χ0n) is 10.2. The van der Waals surface area contributed by atoms with Gasteiger partial charge in [-0.2, -0.15) is 0 Å². The molecule has 0 spiro atoms. The molecule has 0 saturated heterocycles. The van der Waals surface area contributed by atoms with Crippen molar-refractivity contribution in [3.8, 4) is 0 Å². The number of hydrogen-bond donors (Lipinski definition) is 2. The molecule has 0 aliphatic heterocycles. The summed E-state index contributed by atoms with van der Waals surface area (Å²) in [4.78, 5) is 12.1. The average Bonchev–Trinajstić information content (AvgIpc) is 2.36. The molecule has 0 aromatic heterocycles. The highest BCUT2D eigenvalue weighted by molar-refractivity contribution is 9.10. The van der Waals surface area contributed by atoms with Gasteiger partial charge in [0.1, 0.15) is 5.82 Å². The molecule has 1 amide bonds. The normalized spacial score (nSPS) is 10.3. The van der Waals surface area contributed by atoms with Gasteiger partial charge in [0.25, 0.3) is 5.91 Å². The van der Waals surface area contributed by atoms with Crippen LogP contribution < -0.4 is 11.1 Å². The van der Waals surface area contributed by atoms with Gasteiger partial charge < -0.3 is 11.1 Å². The van der Waals surface area contributed by atoms with Crippen LogP contribution in [0.3, 0.4) is 0 Å². The third-order valence-corrected chi connectivity index (χ3v) is 3.46. The van der Waals surface area contributed by atoms with Crippen molar-refractivity contribution in [2.45, 2.75) is 6.92 Å². The van der Waals surface area contributed by atoms with Crippen LogP contribution in [-0.2, 0) is 0 Å². The summed E-state index contributed by atoms with van der Waals surface area (Å²) < 4.78 is 13.5. The van der Waals surface area contributed by atoms with Crippen LogP contribution in [0.5, 0.6) is 0 Å². The molecule has 0 heterocycles. The molecule has 0 aliphatic rings. The Morgan fingerprint density at radius 3 is 2.74 bits per heavy atom. The Morgan fingerprint density at radius 1 is 1.32 bits per heavy atom. The van der Waals surface area contributed by atoms with Gasteiger partial charge in [0.05, 0.1) is 5.69 Å². The minimum atomic E-state index is -0.370. The molecule has 3 nitrogen and oxygen atoms in total. The van der Waals surface area contributed by atoms with Crippen molar-refractivity contribution in [2.24, 2.45) is 0 Å². The number of anilines is 2. The maximum atomic E-state index is 13.0. The topological polar surface area (TPSA) is 55.1 Å². The van der Waals surface area contributed by atoms with E-state index in [9.17, 15) is 9.18 Å². The first-order valence-corrected chi connectivity index (χ1v) is 6.40. The molecule has 0 atom stereocenters. The van der Waals surface area contributed by atoms with Crippen molar-refractivity contribution in [3.63, 3.8) is 0 Å². The standard InChI is InChI=1S/C14H12BrFN2O/c1-8-10(3-2-4-12(8)17)14(19)18-13-6-5-9(16)7-11(13)15/h2-7H,17H2,1H3,(H,18,19). The molecule has 2 rings (SSSR count). The van der Waals surface area contributed by atoms with E-state index in [1.165, 1.54) is 18.2 Å². The van der Waals surface area contributed by atoms with Gasteiger partial charge in [-0.15, -0.1) is 0 Å². The summed E-state index contributed by atoms with van der Waals surface area (Å²) >= 11 is 3.20. The van der Waals surface area contributed by atoms with E-state index < -0.39 is 0 Å². The van der Waals surface area contributed by atoms with Crippen molar-refractivity contribution in [3.05, 3.63) is 57.8 Å². The van der Waals surface area contributed by atoms with E-state index in [2.05, 4.69) is 21.2 Å². The highest BCUT2D eigenvalue weighted by atomic mass is 79.9. The summed E-state index contributed by atoms with van der Waals surface area (Å²) in [6.45, 7) is 1.78. The van der Waals surface area contributed by atoms with Crippen LogP contribution in [0, 0.1) is 12.7 Å². The van der Waals surface area contributed by atoms with Crippen molar-refractivity contribution < 1.29 is 9.18 Å². The summed E-state index contributed by atoms with van der Waals surface area (Å²) in [5.74, 6) is -0.651. The van der Waals surface area contributed by atoms with E-state index in [1.807, 2.05) is 0 Å².